The number of nitrogen functional groups attached to an aromatic ring is 1. The lowest BCUT2D eigenvalue weighted by Gasteiger charge is -2.32. The number of hydrogen-bond donors (Lipinski definition) is 1. The van der Waals surface area contributed by atoms with Crippen LogP contribution in [0.1, 0.15) is 39.5 Å². The summed E-state index contributed by atoms with van der Waals surface area (Å²) in [4.78, 5) is 10.7. The molecule has 0 amide bonds. The van der Waals surface area contributed by atoms with Gasteiger partial charge in [0.05, 0.1) is 6.61 Å². The molecule has 0 aromatic carbocycles. The lowest BCUT2D eigenvalue weighted by Crippen LogP contribution is -2.33. The monoisotopic (exact) mass is 264 g/mol. The lowest BCUT2D eigenvalue weighted by atomic mass is 9.85. The van der Waals surface area contributed by atoms with Gasteiger partial charge >= 0.3 is 0 Å². The summed E-state index contributed by atoms with van der Waals surface area (Å²) in [6, 6.07) is 0. The molecule has 0 saturated heterocycles. The summed E-state index contributed by atoms with van der Waals surface area (Å²) in [5.74, 6) is 2.11. The van der Waals surface area contributed by atoms with Gasteiger partial charge < -0.3 is 15.4 Å². The molecule has 19 heavy (non-hydrogen) atoms. The van der Waals surface area contributed by atoms with Crippen LogP contribution in [0, 0.1) is 5.92 Å². The van der Waals surface area contributed by atoms with E-state index in [0.717, 1.165) is 31.2 Å². The van der Waals surface area contributed by atoms with Crippen LogP contribution >= 0.6 is 0 Å². The molecule has 0 bridgehead atoms. The maximum absolute atomic E-state index is 6.14. The van der Waals surface area contributed by atoms with Crippen molar-refractivity contribution in [3.05, 3.63) is 6.33 Å². The van der Waals surface area contributed by atoms with Gasteiger partial charge in [-0.05, 0) is 32.1 Å². The van der Waals surface area contributed by atoms with Crippen molar-refractivity contribution >= 4 is 11.5 Å². The van der Waals surface area contributed by atoms with E-state index in [4.69, 9.17) is 10.5 Å². The normalized spacial score (nSPS) is 15.1. The van der Waals surface area contributed by atoms with Crippen molar-refractivity contribution in [2.24, 2.45) is 5.92 Å². The predicted molar refractivity (Wildman–Crippen MR) is 77.5 cm³/mol. The van der Waals surface area contributed by atoms with E-state index >= 15 is 0 Å². The Labute approximate surface area is 115 Å². The smallest absolute Gasteiger partial charge is 0.242 e. The van der Waals surface area contributed by atoms with Crippen molar-refractivity contribution in [3.8, 4) is 5.88 Å². The molecule has 1 saturated carbocycles. The molecule has 1 aromatic heterocycles. The molecule has 5 heteroatoms. The van der Waals surface area contributed by atoms with Crippen LogP contribution in [-0.4, -0.2) is 29.7 Å². The molecule has 2 rings (SSSR count). The maximum atomic E-state index is 6.14. The number of rotatable bonds is 7. The molecule has 1 heterocycles. The molecule has 0 unspecified atom stereocenters. The fourth-order valence-corrected chi connectivity index (χ4v) is 2.29. The number of anilines is 2. The second-order valence-electron chi connectivity index (χ2n) is 5.10. The first-order valence-electron chi connectivity index (χ1n) is 7.24. The lowest BCUT2D eigenvalue weighted by molar-refractivity contribution is 0.305. The second-order valence-corrected chi connectivity index (χ2v) is 5.10. The van der Waals surface area contributed by atoms with Gasteiger partial charge in [-0.15, -0.1) is 0 Å². The van der Waals surface area contributed by atoms with E-state index in [1.165, 1.54) is 19.3 Å². The molecule has 1 aliphatic rings. The molecule has 0 aliphatic heterocycles. The predicted octanol–water partition coefficient (Wildman–Crippen LogP) is 2.47. The second kappa shape index (κ2) is 6.59. The summed E-state index contributed by atoms with van der Waals surface area (Å²) in [6.07, 6.45) is 6.48. The van der Waals surface area contributed by atoms with Crippen molar-refractivity contribution in [3.63, 3.8) is 0 Å². The summed E-state index contributed by atoms with van der Waals surface area (Å²) in [6.45, 7) is 6.77. The average Bonchev–Trinajstić information content (AvgIpc) is 2.37. The first kappa shape index (κ1) is 13.9. The summed E-state index contributed by atoms with van der Waals surface area (Å²) >= 11 is 0. The molecule has 106 valence electrons. The van der Waals surface area contributed by atoms with Crippen LogP contribution < -0.4 is 15.4 Å². The van der Waals surface area contributed by atoms with Gasteiger partial charge in [0.2, 0.25) is 5.88 Å². The van der Waals surface area contributed by atoms with Crippen LogP contribution in [0.25, 0.3) is 0 Å². The van der Waals surface area contributed by atoms with Crippen LogP contribution in [0.4, 0.5) is 11.5 Å². The van der Waals surface area contributed by atoms with Gasteiger partial charge in [0, 0.05) is 13.1 Å². The number of aromatic nitrogens is 2. The molecule has 5 nitrogen and oxygen atoms in total. The third-order valence-corrected chi connectivity index (χ3v) is 3.65. The van der Waals surface area contributed by atoms with E-state index in [9.17, 15) is 0 Å². The summed E-state index contributed by atoms with van der Waals surface area (Å²) in [7, 11) is 0. The topological polar surface area (TPSA) is 64.3 Å². The molecule has 0 radical (unpaired) electrons. The average molecular weight is 264 g/mol. The Hall–Kier alpha value is -1.52. The van der Waals surface area contributed by atoms with E-state index in [1.807, 2.05) is 0 Å². The maximum Gasteiger partial charge on any atom is 0.242 e. The first-order valence-corrected chi connectivity index (χ1v) is 7.24. The highest BCUT2D eigenvalue weighted by Crippen LogP contribution is 2.32. The SMILES string of the molecule is CCCOc1ncnc(N(CC)CC2CCC2)c1N. The van der Waals surface area contributed by atoms with E-state index in [0.29, 0.717) is 18.2 Å². The van der Waals surface area contributed by atoms with Gasteiger partial charge in [-0.25, -0.2) is 4.98 Å². The zero-order valence-electron chi connectivity index (χ0n) is 11.9. The highest BCUT2D eigenvalue weighted by molar-refractivity contribution is 5.67. The third kappa shape index (κ3) is 3.28. The Morgan fingerprint density at radius 3 is 2.74 bits per heavy atom. The highest BCUT2D eigenvalue weighted by atomic mass is 16.5. The molecule has 0 spiro atoms. The van der Waals surface area contributed by atoms with Gasteiger partial charge in [0.1, 0.15) is 12.0 Å². The van der Waals surface area contributed by atoms with Gasteiger partial charge in [0.25, 0.3) is 0 Å². The molecule has 1 aliphatic carbocycles. The van der Waals surface area contributed by atoms with E-state index < -0.39 is 0 Å². The van der Waals surface area contributed by atoms with Crippen molar-refractivity contribution in [2.45, 2.75) is 39.5 Å². The number of ether oxygens (including phenoxy) is 1. The Kier molecular flexibility index (Phi) is 4.82. The standard InChI is InChI=1S/C14H24N4O/c1-3-8-19-14-12(15)13(16-10-17-14)18(4-2)9-11-6-5-7-11/h10-11H,3-9,15H2,1-2H3. The Morgan fingerprint density at radius 2 is 2.16 bits per heavy atom. The molecule has 1 fully saturated rings. The zero-order chi connectivity index (χ0) is 13.7. The molecular weight excluding hydrogens is 240 g/mol. The van der Waals surface area contributed by atoms with E-state index in [-0.39, 0.29) is 0 Å². The van der Waals surface area contributed by atoms with Crippen molar-refractivity contribution in [2.75, 3.05) is 30.3 Å². The minimum atomic E-state index is 0.513. The molecule has 2 N–H and O–H groups in total. The molecule has 1 aromatic rings. The fraction of sp³-hybridized carbons (Fsp3) is 0.714. The quantitative estimate of drug-likeness (QED) is 0.819. The van der Waals surface area contributed by atoms with Gasteiger partial charge in [0.15, 0.2) is 5.82 Å². The summed E-state index contributed by atoms with van der Waals surface area (Å²) < 4.78 is 5.56. The van der Waals surface area contributed by atoms with E-state index in [1.54, 1.807) is 6.33 Å². The number of nitrogens with zero attached hydrogens (tertiary/aromatic N) is 3. The van der Waals surface area contributed by atoms with Crippen LogP contribution in [0.2, 0.25) is 0 Å². The van der Waals surface area contributed by atoms with Crippen LogP contribution in [0.15, 0.2) is 6.33 Å². The van der Waals surface area contributed by atoms with Crippen LogP contribution in [0.5, 0.6) is 5.88 Å². The minimum absolute atomic E-state index is 0.513. The fourth-order valence-electron chi connectivity index (χ4n) is 2.29. The largest absolute Gasteiger partial charge is 0.476 e. The van der Waals surface area contributed by atoms with Gasteiger partial charge in [-0.2, -0.15) is 4.98 Å². The number of hydrogen-bond acceptors (Lipinski definition) is 5. The molecule has 0 atom stereocenters. The molecular formula is C14H24N4O. The van der Waals surface area contributed by atoms with Crippen LogP contribution in [-0.2, 0) is 0 Å². The van der Waals surface area contributed by atoms with Crippen molar-refractivity contribution < 1.29 is 4.74 Å². The number of nitrogens with two attached hydrogens (primary N) is 1. The Morgan fingerprint density at radius 1 is 1.37 bits per heavy atom. The Balaban J connectivity index is 2.11. The first-order chi connectivity index (χ1) is 9.26. The van der Waals surface area contributed by atoms with E-state index in [2.05, 4.69) is 28.7 Å². The van der Waals surface area contributed by atoms with Crippen molar-refractivity contribution in [1.82, 2.24) is 9.97 Å². The zero-order valence-corrected chi connectivity index (χ0v) is 11.9. The summed E-state index contributed by atoms with van der Waals surface area (Å²) in [5, 5.41) is 0. The Bertz CT molecular complexity index is 406. The summed E-state index contributed by atoms with van der Waals surface area (Å²) in [5.41, 5.74) is 6.71. The minimum Gasteiger partial charge on any atom is -0.476 e. The third-order valence-electron chi connectivity index (χ3n) is 3.65. The van der Waals surface area contributed by atoms with Crippen LogP contribution in [0.3, 0.4) is 0 Å². The van der Waals surface area contributed by atoms with Gasteiger partial charge in [-0.3, -0.25) is 0 Å². The highest BCUT2D eigenvalue weighted by Gasteiger charge is 2.22. The van der Waals surface area contributed by atoms with Gasteiger partial charge in [-0.1, -0.05) is 13.3 Å². The van der Waals surface area contributed by atoms with Crippen molar-refractivity contribution in [1.29, 1.82) is 0 Å².